The molecular weight excluding hydrogens is 259 g/mol. The Morgan fingerprint density at radius 1 is 1.40 bits per heavy atom. The summed E-state index contributed by atoms with van der Waals surface area (Å²) in [5.41, 5.74) is 5.82. The molecule has 1 aromatic rings. The van der Waals surface area contributed by atoms with Crippen molar-refractivity contribution in [2.75, 3.05) is 33.4 Å². The van der Waals surface area contributed by atoms with Gasteiger partial charge in [-0.05, 0) is 25.0 Å². The summed E-state index contributed by atoms with van der Waals surface area (Å²) in [5, 5.41) is 0. The van der Waals surface area contributed by atoms with Gasteiger partial charge in [-0.25, -0.2) is 4.39 Å². The molecular formula is C15H23FN2O2. The summed E-state index contributed by atoms with van der Waals surface area (Å²) >= 11 is 0. The quantitative estimate of drug-likeness (QED) is 0.862. The number of rotatable bonds is 6. The first-order valence-electron chi connectivity index (χ1n) is 7.08. The number of ether oxygens (including phenoxy) is 2. The van der Waals surface area contributed by atoms with Gasteiger partial charge in [0.15, 0.2) is 11.6 Å². The second-order valence-corrected chi connectivity index (χ2v) is 5.09. The van der Waals surface area contributed by atoms with Crippen LogP contribution in [-0.2, 0) is 4.74 Å². The van der Waals surface area contributed by atoms with Gasteiger partial charge in [-0.1, -0.05) is 12.1 Å². The van der Waals surface area contributed by atoms with Crippen molar-refractivity contribution in [3.63, 3.8) is 0 Å². The molecule has 4 nitrogen and oxygen atoms in total. The fourth-order valence-corrected chi connectivity index (χ4v) is 2.65. The van der Waals surface area contributed by atoms with E-state index in [1.807, 2.05) is 0 Å². The van der Waals surface area contributed by atoms with E-state index in [-0.39, 0.29) is 5.82 Å². The lowest BCUT2D eigenvalue weighted by Gasteiger charge is -2.38. The molecule has 2 atom stereocenters. The number of halogens is 1. The van der Waals surface area contributed by atoms with E-state index < -0.39 is 0 Å². The van der Waals surface area contributed by atoms with Crippen LogP contribution in [0.4, 0.5) is 4.39 Å². The topological polar surface area (TPSA) is 47.7 Å². The number of methoxy groups -OCH3 is 1. The lowest BCUT2D eigenvalue weighted by atomic mass is 9.99. The highest BCUT2D eigenvalue weighted by atomic mass is 19.1. The first-order chi connectivity index (χ1) is 9.74. The van der Waals surface area contributed by atoms with E-state index in [1.165, 1.54) is 6.07 Å². The van der Waals surface area contributed by atoms with Gasteiger partial charge in [-0.3, -0.25) is 4.90 Å². The van der Waals surface area contributed by atoms with Gasteiger partial charge in [0.2, 0.25) is 0 Å². The largest absolute Gasteiger partial charge is 0.489 e. The zero-order chi connectivity index (χ0) is 14.4. The molecule has 0 saturated carbocycles. The Balaban J connectivity index is 1.80. The molecule has 1 aliphatic rings. The SMILES string of the molecule is COC1CCN(CCOc2ccccc2F)C(CN)C1. The number of hydrogen-bond donors (Lipinski definition) is 1. The molecule has 1 saturated heterocycles. The van der Waals surface area contributed by atoms with Crippen LogP contribution in [-0.4, -0.2) is 50.4 Å². The van der Waals surface area contributed by atoms with Crippen molar-refractivity contribution in [2.24, 2.45) is 5.73 Å². The molecule has 0 bridgehead atoms. The summed E-state index contributed by atoms with van der Waals surface area (Å²) in [4.78, 5) is 2.30. The van der Waals surface area contributed by atoms with Crippen molar-refractivity contribution in [1.29, 1.82) is 0 Å². The first-order valence-corrected chi connectivity index (χ1v) is 7.08. The molecule has 1 aliphatic heterocycles. The molecule has 2 rings (SSSR count). The highest BCUT2D eigenvalue weighted by Crippen LogP contribution is 2.19. The van der Waals surface area contributed by atoms with E-state index in [4.69, 9.17) is 15.2 Å². The highest BCUT2D eigenvalue weighted by molar-refractivity contribution is 5.23. The van der Waals surface area contributed by atoms with Crippen LogP contribution >= 0.6 is 0 Å². The Bertz CT molecular complexity index is 417. The summed E-state index contributed by atoms with van der Waals surface area (Å²) in [7, 11) is 1.75. The highest BCUT2D eigenvalue weighted by Gasteiger charge is 2.27. The minimum absolute atomic E-state index is 0.298. The minimum Gasteiger partial charge on any atom is -0.489 e. The Morgan fingerprint density at radius 3 is 2.90 bits per heavy atom. The fourth-order valence-electron chi connectivity index (χ4n) is 2.65. The van der Waals surface area contributed by atoms with E-state index in [0.29, 0.717) is 31.0 Å². The van der Waals surface area contributed by atoms with Gasteiger partial charge < -0.3 is 15.2 Å². The molecule has 1 aromatic carbocycles. The van der Waals surface area contributed by atoms with Crippen molar-refractivity contribution in [1.82, 2.24) is 4.90 Å². The second-order valence-electron chi connectivity index (χ2n) is 5.09. The zero-order valence-electron chi connectivity index (χ0n) is 11.9. The van der Waals surface area contributed by atoms with Crippen LogP contribution in [0.5, 0.6) is 5.75 Å². The molecule has 0 spiro atoms. The summed E-state index contributed by atoms with van der Waals surface area (Å²) in [5.74, 6) is -0.00968. The Kier molecular flexibility index (Phi) is 5.76. The summed E-state index contributed by atoms with van der Waals surface area (Å²) in [6, 6.07) is 6.79. The smallest absolute Gasteiger partial charge is 0.165 e. The first kappa shape index (κ1) is 15.2. The van der Waals surface area contributed by atoms with Crippen LogP contribution in [0.25, 0.3) is 0 Å². The number of nitrogens with zero attached hydrogens (tertiary/aromatic N) is 1. The van der Waals surface area contributed by atoms with Gasteiger partial charge in [0.05, 0.1) is 6.10 Å². The Morgan fingerprint density at radius 2 is 2.20 bits per heavy atom. The molecule has 1 heterocycles. The Labute approximate surface area is 119 Å². The van der Waals surface area contributed by atoms with Crippen molar-refractivity contribution in [3.8, 4) is 5.75 Å². The Hall–Kier alpha value is -1.17. The van der Waals surface area contributed by atoms with Gasteiger partial charge in [-0.2, -0.15) is 0 Å². The molecule has 0 radical (unpaired) electrons. The van der Waals surface area contributed by atoms with E-state index in [2.05, 4.69) is 4.90 Å². The molecule has 2 unspecified atom stereocenters. The summed E-state index contributed by atoms with van der Waals surface area (Å²) in [6.45, 7) is 2.78. The molecule has 0 aliphatic carbocycles. The molecule has 0 amide bonds. The van der Waals surface area contributed by atoms with Crippen LogP contribution in [0.15, 0.2) is 24.3 Å². The van der Waals surface area contributed by atoms with E-state index in [1.54, 1.807) is 25.3 Å². The van der Waals surface area contributed by atoms with E-state index in [0.717, 1.165) is 25.9 Å². The summed E-state index contributed by atoms with van der Waals surface area (Å²) in [6.07, 6.45) is 2.26. The third-order valence-electron chi connectivity index (χ3n) is 3.87. The normalized spacial score (nSPS) is 23.8. The molecule has 112 valence electrons. The van der Waals surface area contributed by atoms with Gasteiger partial charge in [0, 0.05) is 32.8 Å². The number of benzene rings is 1. The second kappa shape index (κ2) is 7.57. The fraction of sp³-hybridized carbons (Fsp3) is 0.600. The van der Waals surface area contributed by atoms with Crippen molar-refractivity contribution < 1.29 is 13.9 Å². The van der Waals surface area contributed by atoms with Gasteiger partial charge >= 0.3 is 0 Å². The third-order valence-corrected chi connectivity index (χ3v) is 3.87. The predicted molar refractivity (Wildman–Crippen MR) is 76.3 cm³/mol. The predicted octanol–water partition coefficient (Wildman–Crippen LogP) is 1.64. The van der Waals surface area contributed by atoms with Crippen LogP contribution in [0, 0.1) is 5.82 Å². The molecule has 5 heteroatoms. The lowest BCUT2D eigenvalue weighted by molar-refractivity contribution is 0.00909. The number of likely N-dealkylation sites (tertiary alicyclic amines) is 1. The average Bonchev–Trinajstić information content (AvgIpc) is 2.49. The van der Waals surface area contributed by atoms with Crippen LogP contribution < -0.4 is 10.5 Å². The van der Waals surface area contributed by atoms with Gasteiger partial charge in [0.25, 0.3) is 0 Å². The molecule has 1 fully saturated rings. The van der Waals surface area contributed by atoms with Crippen molar-refractivity contribution in [2.45, 2.75) is 25.0 Å². The maximum absolute atomic E-state index is 13.4. The van der Waals surface area contributed by atoms with Crippen molar-refractivity contribution in [3.05, 3.63) is 30.1 Å². The van der Waals surface area contributed by atoms with E-state index >= 15 is 0 Å². The molecule has 20 heavy (non-hydrogen) atoms. The number of piperidine rings is 1. The van der Waals surface area contributed by atoms with Crippen molar-refractivity contribution >= 4 is 0 Å². The van der Waals surface area contributed by atoms with Crippen LogP contribution in [0.1, 0.15) is 12.8 Å². The number of hydrogen-bond acceptors (Lipinski definition) is 4. The standard InChI is InChI=1S/C15H23FN2O2/c1-19-13-6-7-18(12(10-13)11-17)8-9-20-15-5-3-2-4-14(15)16/h2-5,12-13H,6-11,17H2,1H3. The maximum atomic E-state index is 13.4. The van der Waals surface area contributed by atoms with Crippen LogP contribution in [0.3, 0.4) is 0 Å². The number of nitrogens with two attached hydrogens (primary N) is 1. The average molecular weight is 282 g/mol. The lowest BCUT2D eigenvalue weighted by Crippen LogP contribution is -2.49. The third kappa shape index (κ3) is 3.91. The molecule has 2 N–H and O–H groups in total. The number of para-hydroxylation sites is 1. The van der Waals surface area contributed by atoms with Gasteiger partial charge in [0.1, 0.15) is 6.61 Å². The monoisotopic (exact) mass is 282 g/mol. The maximum Gasteiger partial charge on any atom is 0.165 e. The minimum atomic E-state index is -0.319. The zero-order valence-corrected chi connectivity index (χ0v) is 11.9. The molecule has 0 aromatic heterocycles. The van der Waals surface area contributed by atoms with E-state index in [9.17, 15) is 4.39 Å². The van der Waals surface area contributed by atoms with Gasteiger partial charge in [-0.15, -0.1) is 0 Å². The summed E-state index contributed by atoms with van der Waals surface area (Å²) < 4.78 is 24.3. The van der Waals surface area contributed by atoms with Crippen LogP contribution in [0.2, 0.25) is 0 Å².